The van der Waals surface area contributed by atoms with Crippen LogP contribution in [0.4, 0.5) is 0 Å². The van der Waals surface area contributed by atoms with E-state index in [0.29, 0.717) is 12.5 Å². The maximum Gasteiger partial charge on any atom is 0.188 e. The zero-order valence-corrected chi connectivity index (χ0v) is 12.9. The number of rotatable bonds is 5. The van der Waals surface area contributed by atoms with E-state index in [1.54, 1.807) is 11.8 Å². The van der Waals surface area contributed by atoms with Crippen LogP contribution in [0.2, 0.25) is 0 Å². The Hall–Kier alpha value is 0.310. The summed E-state index contributed by atoms with van der Waals surface area (Å²) in [4.78, 5) is 4.17. The fourth-order valence-electron chi connectivity index (χ4n) is 1.40. The molecule has 0 amide bonds. The number of aliphatic hydroxyl groups is 1. The molecule has 16 heavy (non-hydrogen) atoms. The molecule has 96 valence electrons. The number of halogens is 1. The molecule has 6 heteroatoms. The van der Waals surface area contributed by atoms with Gasteiger partial charge in [-0.05, 0) is 18.6 Å². The van der Waals surface area contributed by atoms with Gasteiger partial charge in [-0.1, -0.05) is 13.3 Å². The molecule has 0 aromatic carbocycles. The average molecular weight is 359 g/mol. The number of aliphatic imine (C=N–C) groups is 1. The summed E-state index contributed by atoms with van der Waals surface area (Å²) in [5.41, 5.74) is 5.05. The van der Waals surface area contributed by atoms with Gasteiger partial charge in [0.25, 0.3) is 0 Å². The van der Waals surface area contributed by atoms with E-state index in [4.69, 9.17) is 5.73 Å². The Labute approximate surface area is 119 Å². The van der Waals surface area contributed by atoms with Crippen LogP contribution in [0.25, 0.3) is 0 Å². The van der Waals surface area contributed by atoms with Crippen LogP contribution >= 0.6 is 35.7 Å². The zero-order valence-electron chi connectivity index (χ0n) is 9.74. The standard InChI is InChI=1S/C10H21N3OS.HI/c1-2-3-5-12-9(11)13-7-10(14)4-6-15-8-10;/h14H,2-8H2,1H3,(H3,11,12,13);1H. The summed E-state index contributed by atoms with van der Waals surface area (Å²) < 4.78 is 0. The Bertz CT molecular complexity index is 220. The second-order valence-corrected chi connectivity index (χ2v) is 5.11. The number of unbranched alkanes of at least 4 members (excludes halogenated alkanes) is 1. The highest BCUT2D eigenvalue weighted by Gasteiger charge is 2.31. The fourth-order valence-corrected chi connectivity index (χ4v) is 2.69. The van der Waals surface area contributed by atoms with E-state index >= 15 is 0 Å². The zero-order chi connectivity index (χ0) is 11.1. The first-order chi connectivity index (χ1) is 7.16. The van der Waals surface area contributed by atoms with Gasteiger partial charge in [0.15, 0.2) is 5.96 Å². The molecule has 1 atom stereocenters. The van der Waals surface area contributed by atoms with E-state index in [1.165, 1.54) is 0 Å². The number of hydrogen-bond acceptors (Lipinski definition) is 3. The number of nitrogens with two attached hydrogens (primary N) is 1. The Morgan fingerprint density at radius 2 is 2.38 bits per heavy atom. The summed E-state index contributed by atoms with van der Waals surface area (Å²) in [6, 6.07) is 0. The van der Waals surface area contributed by atoms with Gasteiger partial charge in [0.1, 0.15) is 0 Å². The molecule has 4 N–H and O–H groups in total. The van der Waals surface area contributed by atoms with Gasteiger partial charge in [-0.3, -0.25) is 4.99 Å². The Balaban J connectivity index is 0.00000225. The van der Waals surface area contributed by atoms with E-state index < -0.39 is 5.60 Å². The summed E-state index contributed by atoms with van der Waals surface area (Å²) >= 11 is 1.77. The van der Waals surface area contributed by atoms with Crippen molar-refractivity contribution in [2.45, 2.75) is 31.8 Å². The monoisotopic (exact) mass is 359 g/mol. The van der Waals surface area contributed by atoms with Crippen LogP contribution < -0.4 is 11.1 Å². The van der Waals surface area contributed by atoms with Crippen LogP contribution in [0.1, 0.15) is 26.2 Å². The van der Waals surface area contributed by atoms with Crippen LogP contribution in [0.3, 0.4) is 0 Å². The minimum Gasteiger partial charge on any atom is -0.387 e. The maximum atomic E-state index is 10.0. The molecule has 0 bridgehead atoms. The molecular formula is C10H22IN3OS. The molecule has 1 rings (SSSR count). The van der Waals surface area contributed by atoms with Crippen molar-refractivity contribution in [2.75, 3.05) is 24.6 Å². The normalized spacial score (nSPS) is 25.2. The molecule has 1 saturated heterocycles. The van der Waals surface area contributed by atoms with Crippen LogP contribution in [-0.4, -0.2) is 41.3 Å². The molecule has 0 aromatic rings. The van der Waals surface area contributed by atoms with E-state index in [0.717, 1.165) is 37.3 Å². The molecule has 0 aromatic heterocycles. The second-order valence-electron chi connectivity index (χ2n) is 4.01. The van der Waals surface area contributed by atoms with Gasteiger partial charge >= 0.3 is 0 Å². The van der Waals surface area contributed by atoms with E-state index in [2.05, 4.69) is 17.2 Å². The number of nitrogens with zero attached hydrogens (tertiary/aromatic N) is 1. The average Bonchev–Trinajstić information content (AvgIpc) is 2.64. The predicted molar refractivity (Wildman–Crippen MR) is 81.7 cm³/mol. The van der Waals surface area contributed by atoms with Crippen molar-refractivity contribution in [1.29, 1.82) is 0 Å². The van der Waals surface area contributed by atoms with Crippen molar-refractivity contribution >= 4 is 41.7 Å². The number of nitrogens with one attached hydrogen (secondary N) is 1. The molecule has 1 aliphatic rings. The van der Waals surface area contributed by atoms with E-state index in [9.17, 15) is 5.11 Å². The molecule has 0 spiro atoms. The molecule has 0 saturated carbocycles. The topological polar surface area (TPSA) is 70.6 Å². The summed E-state index contributed by atoms with van der Waals surface area (Å²) in [6.07, 6.45) is 3.06. The van der Waals surface area contributed by atoms with Gasteiger partial charge in [-0.25, -0.2) is 0 Å². The van der Waals surface area contributed by atoms with Crippen molar-refractivity contribution in [3.8, 4) is 0 Å². The molecule has 1 aliphatic heterocycles. The largest absolute Gasteiger partial charge is 0.387 e. The number of thioether (sulfide) groups is 1. The highest BCUT2D eigenvalue weighted by Crippen LogP contribution is 2.27. The van der Waals surface area contributed by atoms with Crippen LogP contribution in [-0.2, 0) is 0 Å². The first kappa shape index (κ1) is 16.3. The molecule has 1 fully saturated rings. The van der Waals surface area contributed by atoms with E-state index in [1.807, 2.05) is 0 Å². The molecule has 1 heterocycles. The van der Waals surface area contributed by atoms with Gasteiger partial charge in [-0.2, -0.15) is 11.8 Å². The number of guanidine groups is 1. The van der Waals surface area contributed by atoms with Gasteiger partial charge in [0, 0.05) is 12.3 Å². The Morgan fingerprint density at radius 1 is 1.62 bits per heavy atom. The van der Waals surface area contributed by atoms with Crippen LogP contribution in [0, 0.1) is 0 Å². The summed E-state index contributed by atoms with van der Waals surface area (Å²) in [5.74, 6) is 2.25. The highest BCUT2D eigenvalue weighted by molar-refractivity contribution is 14.0. The first-order valence-electron chi connectivity index (χ1n) is 5.50. The van der Waals surface area contributed by atoms with Crippen molar-refractivity contribution in [2.24, 2.45) is 10.7 Å². The van der Waals surface area contributed by atoms with Crippen LogP contribution in [0.5, 0.6) is 0 Å². The molecule has 0 radical (unpaired) electrons. The van der Waals surface area contributed by atoms with Gasteiger partial charge < -0.3 is 16.2 Å². The lowest BCUT2D eigenvalue weighted by Gasteiger charge is -2.18. The van der Waals surface area contributed by atoms with E-state index in [-0.39, 0.29) is 24.0 Å². The lowest BCUT2D eigenvalue weighted by atomic mass is 10.1. The molecule has 0 aliphatic carbocycles. The summed E-state index contributed by atoms with van der Waals surface area (Å²) in [5, 5.41) is 13.0. The van der Waals surface area contributed by atoms with Crippen LogP contribution in [0.15, 0.2) is 4.99 Å². The summed E-state index contributed by atoms with van der Waals surface area (Å²) in [7, 11) is 0. The molecule has 1 unspecified atom stereocenters. The third kappa shape index (κ3) is 6.15. The third-order valence-corrected chi connectivity index (χ3v) is 3.70. The van der Waals surface area contributed by atoms with Gasteiger partial charge in [0.05, 0.1) is 12.1 Å². The number of hydrogen-bond donors (Lipinski definition) is 3. The summed E-state index contributed by atoms with van der Waals surface area (Å²) in [6.45, 7) is 3.41. The lowest BCUT2D eigenvalue weighted by molar-refractivity contribution is 0.0779. The highest BCUT2D eigenvalue weighted by atomic mass is 127. The fraction of sp³-hybridized carbons (Fsp3) is 0.900. The minimum absolute atomic E-state index is 0. The van der Waals surface area contributed by atoms with Gasteiger partial charge in [0.2, 0.25) is 0 Å². The minimum atomic E-state index is -0.623. The smallest absolute Gasteiger partial charge is 0.188 e. The second kappa shape index (κ2) is 8.41. The van der Waals surface area contributed by atoms with Crippen molar-refractivity contribution in [3.05, 3.63) is 0 Å². The molecule has 4 nitrogen and oxygen atoms in total. The predicted octanol–water partition coefficient (Wildman–Crippen LogP) is 1.18. The third-order valence-electron chi connectivity index (χ3n) is 2.46. The van der Waals surface area contributed by atoms with Gasteiger partial charge in [-0.15, -0.1) is 24.0 Å². The first-order valence-corrected chi connectivity index (χ1v) is 6.66. The SMILES string of the molecule is CCCCNC(N)=NCC1(O)CCSC1.I. The van der Waals surface area contributed by atoms with Crippen molar-refractivity contribution in [1.82, 2.24) is 5.32 Å². The molecular weight excluding hydrogens is 337 g/mol. The van der Waals surface area contributed by atoms with Crippen molar-refractivity contribution in [3.63, 3.8) is 0 Å². The van der Waals surface area contributed by atoms with Crippen molar-refractivity contribution < 1.29 is 5.11 Å². The Kier molecular flexibility index (Phi) is 8.57. The lowest BCUT2D eigenvalue weighted by Crippen LogP contribution is -2.37. The quantitative estimate of drug-likeness (QED) is 0.298. The Morgan fingerprint density at radius 3 is 2.94 bits per heavy atom. The maximum absolute atomic E-state index is 10.0.